The van der Waals surface area contributed by atoms with Gasteiger partial charge in [0.2, 0.25) is 0 Å². The van der Waals surface area contributed by atoms with E-state index in [0.29, 0.717) is 0 Å². The summed E-state index contributed by atoms with van der Waals surface area (Å²) in [6, 6.07) is 0. The molecular formula is H6BInO3Tb. The van der Waals surface area contributed by atoms with Gasteiger partial charge in [0, 0.05) is 38.6 Å². The monoisotopic (exact) mass is 339 g/mol. The second-order valence-electron chi connectivity index (χ2n) is 0.346. The molecule has 3 nitrogen and oxygen atoms in total. The van der Waals surface area contributed by atoms with Crippen molar-refractivity contribution in [3.8, 4) is 0 Å². The van der Waals surface area contributed by atoms with Gasteiger partial charge in [-0.1, -0.05) is 0 Å². The van der Waals surface area contributed by atoms with Gasteiger partial charge in [-0.3, -0.25) is 0 Å². The molecule has 0 saturated carbocycles. The molecule has 0 aliphatic rings. The van der Waals surface area contributed by atoms with E-state index in [-0.39, 0.29) is 64.5 Å². The van der Waals surface area contributed by atoms with Gasteiger partial charge in [0.25, 0.3) is 0 Å². The Labute approximate surface area is 85.5 Å². The van der Waals surface area contributed by atoms with Gasteiger partial charge in [-0.2, -0.15) is 0 Å². The normalized spacial score (nSPS) is 4.50. The molecule has 0 saturated heterocycles. The fourth-order valence-corrected chi connectivity index (χ4v) is 0. The van der Waals surface area contributed by atoms with Crippen molar-refractivity contribution in [1.82, 2.24) is 0 Å². The maximum atomic E-state index is 7.17. The Morgan fingerprint density at radius 2 is 1.00 bits per heavy atom. The van der Waals surface area contributed by atoms with E-state index in [1.54, 1.807) is 0 Å². The van der Waals surface area contributed by atoms with Crippen LogP contribution in [0, 0.1) is 38.6 Å². The maximum Gasteiger partial charge on any atom is 0 e. The molecule has 0 spiro atoms. The van der Waals surface area contributed by atoms with Crippen LogP contribution in [0.25, 0.3) is 0 Å². The summed E-state index contributed by atoms with van der Waals surface area (Å²) >= 11 is 0. The van der Waals surface area contributed by atoms with E-state index < -0.39 is 7.32 Å². The smallest absolute Gasteiger partial charge is 0 e. The van der Waals surface area contributed by atoms with E-state index in [2.05, 4.69) is 0 Å². The molecule has 6 heavy (non-hydrogen) atoms. The van der Waals surface area contributed by atoms with Crippen molar-refractivity contribution >= 4 is 33.2 Å². The molecule has 1 radical (unpaired) electrons. The molecule has 39 valence electrons. The zero-order chi connectivity index (χ0) is 3.58. The molecule has 0 unspecified atom stereocenters. The standard InChI is InChI=1S/BH3O3.In.Tb.3H/c2-1(3)4;;;;;/h2-4H;;;;;. The van der Waals surface area contributed by atoms with Crippen molar-refractivity contribution < 1.29 is 53.7 Å². The summed E-state index contributed by atoms with van der Waals surface area (Å²) < 4.78 is 0. The van der Waals surface area contributed by atoms with E-state index >= 15 is 0 Å². The molecule has 0 fully saturated rings. The van der Waals surface area contributed by atoms with Crippen LogP contribution in [0.2, 0.25) is 0 Å². The molecule has 0 aliphatic heterocycles. The first kappa shape index (κ1) is 15.7. The molecule has 0 bridgehead atoms. The molecule has 0 aliphatic carbocycles. The minimum Gasteiger partial charge on any atom is 0 e. The third kappa shape index (κ3) is 36.0. The van der Waals surface area contributed by atoms with Crippen LogP contribution in [0.4, 0.5) is 0 Å². The molecule has 0 heterocycles. The van der Waals surface area contributed by atoms with Gasteiger partial charge >= 0.3 is 33.2 Å². The number of hydrogen-bond donors (Lipinski definition) is 3. The Balaban J connectivity index is -0.0000000450. The predicted octanol–water partition coefficient (Wildman–Crippen LogP) is -3.24. The molecule has 0 aromatic heterocycles. The van der Waals surface area contributed by atoms with Crippen LogP contribution in [-0.2, 0) is 0 Å². The van der Waals surface area contributed by atoms with Crippen LogP contribution < -0.4 is 0 Å². The van der Waals surface area contributed by atoms with E-state index in [9.17, 15) is 0 Å². The molecule has 0 aromatic carbocycles. The first-order valence-corrected chi connectivity index (χ1v) is 0.775. The SMILES string of the molecule is OB(O)O.[InH3].[Tb]. The van der Waals surface area contributed by atoms with Gasteiger partial charge < -0.3 is 15.1 Å². The van der Waals surface area contributed by atoms with Crippen LogP contribution in [0.5, 0.6) is 0 Å². The van der Waals surface area contributed by atoms with Crippen LogP contribution in [-0.4, -0.2) is 48.2 Å². The molecule has 0 atom stereocenters. The quantitative estimate of drug-likeness (QED) is 0.407. The summed E-state index contributed by atoms with van der Waals surface area (Å²) in [5.41, 5.74) is 0. The predicted molar refractivity (Wildman–Crippen MR) is 22.3 cm³/mol. The van der Waals surface area contributed by atoms with Crippen LogP contribution in [0.3, 0.4) is 0 Å². The average molecular weight is 339 g/mol. The Morgan fingerprint density at radius 3 is 1.00 bits per heavy atom. The third-order valence-electron chi connectivity index (χ3n) is 0. The Bertz CT molecular complexity index is 15.5. The maximum absolute atomic E-state index is 7.17. The zero-order valence-electron chi connectivity index (χ0n) is 2.25. The van der Waals surface area contributed by atoms with E-state index in [0.717, 1.165) is 0 Å². The van der Waals surface area contributed by atoms with Crippen molar-refractivity contribution in [1.29, 1.82) is 0 Å². The van der Waals surface area contributed by atoms with E-state index in [1.807, 2.05) is 0 Å². The van der Waals surface area contributed by atoms with Crippen molar-refractivity contribution in [2.24, 2.45) is 0 Å². The fraction of sp³-hybridized carbons (Fsp3) is 0. The van der Waals surface area contributed by atoms with Gasteiger partial charge in [0.15, 0.2) is 0 Å². The summed E-state index contributed by atoms with van der Waals surface area (Å²) in [5.74, 6) is 0. The first-order chi connectivity index (χ1) is 1.73. The molecule has 3 N–H and O–H groups in total. The fourth-order valence-electron chi connectivity index (χ4n) is 0. The molecule has 0 rings (SSSR count). The van der Waals surface area contributed by atoms with Gasteiger partial charge in [0.1, 0.15) is 0 Å². The minimum absolute atomic E-state index is 0. The van der Waals surface area contributed by atoms with Gasteiger partial charge in [-0.15, -0.1) is 0 Å². The van der Waals surface area contributed by atoms with E-state index in [4.69, 9.17) is 15.1 Å². The first-order valence-electron chi connectivity index (χ1n) is 0.775. The number of rotatable bonds is 0. The zero-order valence-corrected chi connectivity index (χ0v) is 4.39. The Kier molecular flexibility index (Phi) is 26.6. The summed E-state index contributed by atoms with van der Waals surface area (Å²) in [6.07, 6.45) is 0. The topological polar surface area (TPSA) is 60.7 Å². The van der Waals surface area contributed by atoms with Gasteiger partial charge in [-0.25, -0.2) is 0 Å². The third-order valence-corrected chi connectivity index (χ3v) is 0. The largest absolute Gasteiger partial charge is 0 e. The van der Waals surface area contributed by atoms with Crippen molar-refractivity contribution in [3.05, 3.63) is 0 Å². The Morgan fingerprint density at radius 1 is 1.00 bits per heavy atom. The van der Waals surface area contributed by atoms with E-state index in [1.165, 1.54) is 0 Å². The second kappa shape index (κ2) is 10.2. The Hall–Kier alpha value is 2.10. The second-order valence-corrected chi connectivity index (χ2v) is 0.346. The summed E-state index contributed by atoms with van der Waals surface area (Å²) in [5, 5.41) is 21.5. The summed E-state index contributed by atoms with van der Waals surface area (Å²) in [4.78, 5) is 0. The molecule has 6 heteroatoms. The van der Waals surface area contributed by atoms with Gasteiger partial charge in [0.05, 0.1) is 0 Å². The summed E-state index contributed by atoms with van der Waals surface area (Å²) in [7, 11) is -2.17. The molecule has 0 amide bonds. The van der Waals surface area contributed by atoms with Gasteiger partial charge in [-0.05, 0) is 0 Å². The average Bonchev–Trinajstić information content (AvgIpc) is 0.811. The number of hydrogen-bond acceptors (Lipinski definition) is 3. The minimum atomic E-state index is -2.17. The van der Waals surface area contributed by atoms with Crippen molar-refractivity contribution in [3.63, 3.8) is 0 Å². The van der Waals surface area contributed by atoms with Crippen LogP contribution in [0.15, 0.2) is 0 Å². The molecular weight excluding hydrogens is 333 g/mol. The van der Waals surface area contributed by atoms with Crippen LogP contribution >= 0.6 is 0 Å². The van der Waals surface area contributed by atoms with Crippen LogP contribution in [0.1, 0.15) is 0 Å². The molecule has 0 aromatic rings. The summed E-state index contributed by atoms with van der Waals surface area (Å²) in [6.45, 7) is 0. The van der Waals surface area contributed by atoms with Crippen molar-refractivity contribution in [2.45, 2.75) is 0 Å². The van der Waals surface area contributed by atoms with Crippen molar-refractivity contribution in [2.75, 3.05) is 0 Å².